The van der Waals surface area contributed by atoms with Crippen molar-refractivity contribution in [3.8, 4) is 0 Å². The second kappa shape index (κ2) is 6.57. The van der Waals surface area contributed by atoms with Crippen LogP contribution in [-0.4, -0.2) is 29.0 Å². The molecule has 2 fully saturated rings. The van der Waals surface area contributed by atoms with Crippen molar-refractivity contribution in [2.45, 2.75) is 64.0 Å². The van der Waals surface area contributed by atoms with Gasteiger partial charge in [-0.15, -0.1) is 0 Å². The Balaban J connectivity index is 1.79. The van der Waals surface area contributed by atoms with Gasteiger partial charge in [-0.05, 0) is 57.7 Å². The molecule has 0 amide bonds. The van der Waals surface area contributed by atoms with Crippen LogP contribution in [0.25, 0.3) is 0 Å². The fourth-order valence-electron chi connectivity index (χ4n) is 3.45. The molecule has 0 aromatic carbocycles. The van der Waals surface area contributed by atoms with E-state index in [-0.39, 0.29) is 0 Å². The highest BCUT2D eigenvalue weighted by molar-refractivity contribution is 5.47. The van der Waals surface area contributed by atoms with Crippen LogP contribution in [0.15, 0.2) is 18.3 Å². The van der Waals surface area contributed by atoms with Gasteiger partial charge in [-0.3, -0.25) is 4.90 Å². The summed E-state index contributed by atoms with van der Waals surface area (Å²) < 4.78 is 0. The predicted octanol–water partition coefficient (Wildman–Crippen LogP) is 3.98. The number of hydrogen-bond donors (Lipinski definition) is 1. The minimum Gasteiger partial charge on any atom is -0.367 e. The highest BCUT2D eigenvalue weighted by Crippen LogP contribution is 2.35. The fraction of sp³-hybridized carbons (Fsp3) is 0.706. The van der Waals surface area contributed by atoms with Crippen molar-refractivity contribution in [1.82, 2.24) is 9.88 Å². The first-order valence-electron chi connectivity index (χ1n) is 8.34. The molecule has 20 heavy (non-hydrogen) atoms. The first-order chi connectivity index (χ1) is 9.88. The van der Waals surface area contributed by atoms with E-state index in [1.54, 1.807) is 0 Å². The van der Waals surface area contributed by atoms with Crippen molar-refractivity contribution in [3.05, 3.63) is 23.9 Å². The Hall–Kier alpha value is -1.09. The molecule has 1 N–H and O–H groups in total. The van der Waals surface area contributed by atoms with Crippen LogP contribution in [0.4, 0.5) is 5.82 Å². The van der Waals surface area contributed by atoms with E-state index in [9.17, 15) is 0 Å². The van der Waals surface area contributed by atoms with Gasteiger partial charge in [-0.25, -0.2) is 4.98 Å². The molecule has 3 rings (SSSR count). The summed E-state index contributed by atoms with van der Waals surface area (Å²) >= 11 is 0. The number of anilines is 1. The lowest BCUT2D eigenvalue weighted by molar-refractivity contribution is 0.149. The molecule has 0 spiro atoms. The third-order valence-corrected chi connectivity index (χ3v) is 4.77. The Bertz CT molecular complexity index is 426. The first kappa shape index (κ1) is 13.9. The zero-order valence-electron chi connectivity index (χ0n) is 12.6. The molecule has 1 saturated carbocycles. The molecule has 1 aromatic rings. The summed E-state index contributed by atoms with van der Waals surface area (Å²) in [6, 6.07) is 5.61. The van der Waals surface area contributed by atoms with Crippen molar-refractivity contribution >= 4 is 5.82 Å². The van der Waals surface area contributed by atoms with Gasteiger partial charge in [0.1, 0.15) is 5.82 Å². The Morgan fingerprint density at radius 2 is 2.15 bits per heavy atom. The summed E-state index contributed by atoms with van der Waals surface area (Å²) in [5.41, 5.74) is 1.42. The molecular weight excluding hydrogens is 246 g/mol. The fourth-order valence-corrected chi connectivity index (χ4v) is 3.45. The largest absolute Gasteiger partial charge is 0.367 e. The van der Waals surface area contributed by atoms with E-state index in [0.717, 1.165) is 5.82 Å². The maximum absolute atomic E-state index is 4.63. The minimum atomic E-state index is 0.569. The molecular formula is C17H27N3. The molecule has 3 heteroatoms. The molecule has 2 aliphatic rings. The summed E-state index contributed by atoms with van der Waals surface area (Å²) in [5.74, 6) is 1.14. The number of nitrogens with one attached hydrogen (secondary N) is 1. The number of rotatable bonds is 5. The monoisotopic (exact) mass is 273 g/mol. The summed E-state index contributed by atoms with van der Waals surface area (Å²) in [6.45, 7) is 4.74. The number of nitrogens with zero attached hydrogens (tertiary/aromatic N) is 2. The summed E-state index contributed by atoms with van der Waals surface area (Å²) in [7, 11) is 0. The van der Waals surface area contributed by atoms with Gasteiger partial charge in [0.15, 0.2) is 0 Å². The molecule has 110 valence electrons. The molecule has 1 saturated heterocycles. The van der Waals surface area contributed by atoms with Crippen LogP contribution in [0.5, 0.6) is 0 Å². The Labute approximate surface area is 122 Å². The molecule has 0 unspecified atom stereocenters. The lowest BCUT2D eigenvalue weighted by atomic mass is 9.91. The number of pyridine rings is 1. The molecule has 2 heterocycles. The zero-order chi connectivity index (χ0) is 13.8. The van der Waals surface area contributed by atoms with E-state index in [2.05, 4.69) is 34.3 Å². The summed E-state index contributed by atoms with van der Waals surface area (Å²) in [4.78, 5) is 7.29. The van der Waals surface area contributed by atoms with Crippen molar-refractivity contribution in [2.75, 3.05) is 18.4 Å². The summed E-state index contributed by atoms with van der Waals surface area (Å²) in [5, 5.41) is 3.67. The topological polar surface area (TPSA) is 28.2 Å². The number of piperidine rings is 1. The van der Waals surface area contributed by atoms with Crippen LogP contribution in [-0.2, 0) is 0 Å². The molecule has 3 nitrogen and oxygen atoms in total. The van der Waals surface area contributed by atoms with Gasteiger partial charge in [0, 0.05) is 23.8 Å². The SMILES string of the molecule is CCCN1CCCC[C@@H]1c1cccnc1NC1CCC1. The Morgan fingerprint density at radius 3 is 2.90 bits per heavy atom. The van der Waals surface area contributed by atoms with Gasteiger partial charge in [0.2, 0.25) is 0 Å². The van der Waals surface area contributed by atoms with Crippen LogP contribution in [0.3, 0.4) is 0 Å². The smallest absolute Gasteiger partial charge is 0.130 e. The quantitative estimate of drug-likeness (QED) is 0.879. The molecule has 1 atom stereocenters. The number of likely N-dealkylation sites (tertiary alicyclic amines) is 1. The van der Waals surface area contributed by atoms with Crippen LogP contribution in [0.1, 0.15) is 63.5 Å². The van der Waals surface area contributed by atoms with Crippen LogP contribution < -0.4 is 5.32 Å². The Kier molecular flexibility index (Phi) is 4.56. The van der Waals surface area contributed by atoms with E-state index in [4.69, 9.17) is 0 Å². The van der Waals surface area contributed by atoms with Crippen molar-refractivity contribution < 1.29 is 0 Å². The first-order valence-corrected chi connectivity index (χ1v) is 8.34. The second-order valence-electron chi connectivity index (χ2n) is 6.26. The van der Waals surface area contributed by atoms with Crippen molar-refractivity contribution in [2.24, 2.45) is 0 Å². The van der Waals surface area contributed by atoms with Crippen molar-refractivity contribution in [1.29, 1.82) is 0 Å². The average Bonchev–Trinajstić information content (AvgIpc) is 2.44. The number of aromatic nitrogens is 1. The van der Waals surface area contributed by atoms with Gasteiger partial charge in [0.05, 0.1) is 0 Å². The Morgan fingerprint density at radius 1 is 1.25 bits per heavy atom. The van der Waals surface area contributed by atoms with Crippen LogP contribution in [0.2, 0.25) is 0 Å². The second-order valence-corrected chi connectivity index (χ2v) is 6.26. The third kappa shape index (κ3) is 2.98. The van der Waals surface area contributed by atoms with Crippen LogP contribution >= 0.6 is 0 Å². The average molecular weight is 273 g/mol. The molecule has 0 bridgehead atoms. The van der Waals surface area contributed by atoms with Crippen LogP contribution in [0, 0.1) is 0 Å². The number of hydrogen-bond acceptors (Lipinski definition) is 3. The molecule has 1 aliphatic heterocycles. The normalized spacial score (nSPS) is 24.4. The van der Waals surface area contributed by atoms with E-state index in [1.165, 1.54) is 63.6 Å². The van der Waals surface area contributed by atoms with Gasteiger partial charge < -0.3 is 5.32 Å². The van der Waals surface area contributed by atoms with E-state index in [1.807, 2.05) is 6.20 Å². The zero-order valence-corrected chi connectivity index (χ0v) is 12.6. The van der Waals surface area contributed by atoms with Gasteiger partial charge in [-0.1, -0.05) is 19.4 Å². The predicted molar refractivity (Wildman–Crippen MR) is 84.0 cm³/mol. The highest BCUT2D eigenvalue weighted by Gasteiger charge is 2.27. The molecule has 1 aliphatic carbocycles. The van der Waals surface area contributed by atoms with Gasteiger partial charge >= 0.3 is 0 Å². The third-order valence-electron chi connectivity index (χ3n) is 4.77. The molecule has 1 aromatic heterocycles. The summed E-state index contributed by atoms with van der Waals surface area (Å²) in [6.07, 6.45) is 11.1. The maximum Gasteiger partial charge on any atom is 0.130 e. The van der Waals surface area contributed by atoms with E-state index < -0.39 is 0 Å². The van der Waals surface area contributed by atoms with E-state index >= 15 is 0 Å². The minimum absolute atomic E-state index is 0.569. The van der Waals surface area contributed by atoms with Gasteiger partial charge in [-0.2, -0.15) is 0 Å². The maximum atomic E-state index is 4.63. The van der Waals surface area contributed by atoms with Crippen molar-refractivity contribution in [3.63, 3.8) is 0 Å². The van der Waals surface area contributed by atoms with E-state index in [0.29, 0.717) is 12.1 Å². The molecule has 0 radical (unpaired) electrons. The lowest BCUT2D eigenvalue weighted by Gasteiger charge is -2.37. The van der Waals surface area contributed by atoms with Gasteiger partial charge in [0.25, 0.3) is 0 Å². The lowest BCUT2D eigenvalue weighted by Crippen LogP contribution is -2.35. The highest BCUT2D eigenvalue weighted by atomic mass is 15.2. The standard InChI is InChI=1S/C17H27N3/c1-2-12-20-13-4-3-10-16(20)15-9-6-11-18-17(15)19-14-7-5-8-14/h6,9,11,14,16H,2-5,7-8,10,12-13H2,1H3,(H,18,19)/t16-/m1/s1.